The zero-order chi connectivity index (χ0) is 14.3. The SMILES string of the molecule is CC1CCC(n2c(C(C)Cl)nc3cc(I)ccc32)CC1. The maximum atomic E-state index is 6.38. The molecule has 1 fully saturated rings. The first kappa shape index (κ1) is 14.6. The van der Waals surface area contributed by atoms with Crippen LogP contribution in [0.25, 0.3) is 11.0 Å². The Morgan fingerprint density at radius 2 is 2.00 bits per heavy atom. The number of imidazole rings is 1. The lowest BCUT2D eigenvalue weighted by atomic mass is 9.87. The van der Waals surface area contributed by atoms with Crippen LogP contribution >= 0.6 is 34.2 Å². The fraction of sp³-hybridized carbons (Fsp3) is 0.562. The van der Waals surface area contributed by atoms with Gasteiger partial charge in [0, 0.05) is 9.61 Å². The number of aromatic nitrogens is 2. The topological polar surface area (TPSA) is 17.8 Å². The van der Waals surface area contributed by atoms with E-state index < -0.39 is 0 Å². The van der Waals surface area contributed by atoms with Gasteiger partial charge in [-0.15, -0.1) is 11.6 Å². The van der Waals surface area contributed by atoms with Gasteiger partial charge in [0.25, 0.3) is 0 Å². The highest BCUT2D eigenvalue weighted by Gasteiger charge is 2.25. The van der Waals surface area contributed by atoms with Crippen LogP contribution in [0.1, 0.15) is 56.8 Å². The Balaban J connectivity index is 2.09. The van der Waals surface area contributed by atoms with Crippen LogP contribution in [-0.4, -0.2) is 9.55 Å². The van der Waals surface area contributed by atoms with E-state index in [1.54, 1.807) is 0 Å². The lowest BCUT2D eigenvalue weighted by Gasteiger charge is -2.29. The number of hydrogen-bond donors (Lipinski definition) is 0. The summed E-state index contributed by atoms with van der Waals surface area (Å²) in [6, 6.07) is 7.08. The van der Waals surface area contributed by atoms with Crippen molar-refractivity contribution >= 4 is 45.2 Å². The summed E-state index contributed by atoms with van der Waals surface area (Å²) in [5, 5.41) is -0.0422. The molecule has 20 heavy (non-hydrogen) atoms. The molecule has 2 aromatic rings. The predicted molar refractivity (Wildman–Crippen MR) is 93.4 cm³/mol. The first-order valence-corrected chi connectivity index (χ1v) is 8.89. The first-order valence-electron chi connectivity index (χ1n) is 7.37. The number of hydrogen-bond acceptors (Lipinski definition) is 1. The van der Waals surface area contributed by atoms with Gasteiger partial charge < -0.3 is 4.57 Å². The summed E-state index contributed by atoms with van der Waals surface area (Å²) in [7, 11) is 0. The Labute approximate surface area is 139 Å². The van der Waals surface area contributed by atoms with Gasteiger partial charge in [0.2, 0.25) is 0 Å². The van der Waals surface area contributed by atoms with Gasteiger partial charge in [-0.05, 0) is 79.3 Å². The monoisotopic (exact) mass is 402 g/mol. The molecule has 0 saturated heterocycles. The highest BCUT2D eigenvalue weighted by atomic mass is 127. The maximum Gasteiger partial charge on any atom is 0.127 e. The molecule has 1 aliphatic rings. The Bertz CT molecular complexity index is 612. The summed E-state index contributed by atoms with van der Waals surface area (Å²) < 4.78 is 3.64. The fourth-order valence-electron chi connectivity index (χ4n) is 3.26. The van der Waals surface area contributed by atoms with E-state index in [0.717, 1.165) is 17.3 Å². The zero-order valence-electron chi connectivity index (χ0n) is 11.9. The molecule has 0 aliphatic heterocycles. The lowest BCUT2D eigenvalue weighted by molar-refractivity contribution is 0.289. The number of benzene rings is 1. The van der Waals surface area contributed by atoms with Crippen molar-refractivity contribution in [3.8, 4) is 0 Å². The Morgan fingerprint density at radius 1 is 1.30 bits per heavy atom. The molecule has 0 amide bonds. The van der Waals surface area contributed by atoms with Crippen molar-refractivity contribution < 1.29 is 0 Å². The molecule has 1 atom stereocenters. The lowest BCUT2D eigenvalue weighted by Crippen LogP contribution is -2.19. The normalized spacial score (nSPS) is 25.0. The standard InChI is InChI=1S/C16H20ClIN2/c1-10-3-6-13(7-4-10)20-15-8-5-12(18)9-14(15)19-16(20)11(2)17/h5,8-11,13H,3-4,6-7H2,1-2H3. The van der Waals surface area contributed by atoms with E-state index in [9.17, 15) is 0 Å². The minimum absolute atomic E-state index is 0.0422. The van der Waals surface area contributed by atoms with Crippen molar-refractivity contribution in [1.82, 2.24) is 9.55 Å². The molecule has 1 aromatic carbocycles. The van der Waals surface area contributed by atoms with Crippen molar-refractivity contribution in [2.75, 3.05) is 0 Å². The molecule has 1 aromatic heterocycles. The summed E-state index contributed by atoms with van der Waals surface area (Å²) in [6.45, 7) is 4.38. The average Bonchev–Trinajstić information content (AvgIpc) is 2.78. The van der Waals surface area contributed by atoms with Crippen LogP contribution in [0, 0.1) is 9.49 Å². The Hall–Kier alpha value is -0.290. The second-order valence-corrected chi connectivity index (χ2v) is 7.90. The van der Waals surface area contributed by atoms with Gasteiger partial charge >= 0.3 is 0 Å². The minimum Gasteiger partial charge on any atom is -0.324 e. The molecule has 0 radical (unpaired) electrons. The summed E-state index contributed by atoms with van der Waals surface area (Å²) in [4.78, 5) is 4.79. The van der Waals surface area contributed by atoms with Crippen molar-refractivity contribution in [1.29, 1.82) is 0 Å². The van der Waals surface area contributed by atoms with Crippen molar-refractivity contribution in [2.45, 2.75) is 50.9 Å². The number of nitrogens with zero attached hydrogens (tertiary/aromatic N) is 2. The molecule has 108 valence electrons. The van der Waals surface area contributed by atoms with Crippen molar-refractivity contribution in [3.05, 3.63) is 27.6 Å². The Kier molecular flexibility index (Phi) is 4.27. The van der Waals surface area contributed by atoms with Gasteiger partial charge in [-0.1, -0.05) is 6.92 Å². The molecule has 1 unspecified atom stereocenters. The fourth-order valence-corrected chi connectivity index (χ4v) is 3.88. The molecule has 0 bridgehead atoms. The van der Waals surface area contributed by atoms with Crippen molar-refractivity contribution in [2.24, 2.45) is 5.92 Å². The van der Waals surface area contributed by atoms with Gasteiger partial charge in [-0.25, -0.2) is 4.98 Å². The molecular weight excluding hydrogens is 383 g/mol. The highest BCUT2D eigenvalue weighted by Crippen LogP contribution is 2.37. The third kappa shape index (κ3) is 2.71. The van der Waals surface area contributed by atoms with E-state index in [1.807, 2.05) is 6.92 Å². The molecule has 3 rings (SSSR count). The molecular formula is C16H20ClIN2. The zero-order valence-corrected chi connectivity index (χ0v) is 14.9. The summed E-state index contributed by atoms with van der Waals surface area (Å²) in [6.07, 6.45) is 5.11. The maximum absolute atomic E-state index is 6.38. The Morgan fingerprint density at radius 3 is 2.65 bits per heavy atom. The molecule has 1 saturated carbocycles. The van der Waals surface area contributed by atoms with Gasteiger partial charge in [-0.3, -0.25) is 0 Å². The summed E-state index contributed by atoms with van der Waals surface area (Å²) in [5.41, 5.74) is 2.32. The number of fused-ring (bicyclic) bond motifs is 1. The number of rotatable bonds is 2. The molecule has 4 heteroatoms. The van der Waals surface area contributed by atoms with Crippen LogP contribution in [0.2, 0.25) is 0 Å². The van der Waals surface area contributed by atoms with Crippen molar-refractivity contribution in [3.63, 3.8) is 0 Å². The molecule has 2 nitrogen and oxygen atoms in total. The summed E-state index contributed by atoms with van der Waals surface area (Å²) >= 11 is 8.72. The number of halogens is 2. The van der Waals surface area contributed by atoms with Gasteiger partial charge in [0.15, 0.2) is 0 Å². The third-order valence-corrected chi connectivity index (χ3v) is 5.25. The van der Waals surface area contributed by atoms with E-state index >= 15 is 0 Å². The first-order chi connectivity index (χ1) is 9.56. The highest BCUT2D eigenvalue weighted by molar-refractivity contribution is 14.1. The predicted octanol–water partition coefficient (Wildman–Crippen LogP) is 5.69. The third-order valence-electron chi connectivity index (χ3n) is 4.39. The van der Waals surface area contributed by atoms with Crippen LogP contribution in [-0.2, 0) is 0 Å². The van der Waals surface area contributed by atoms with Gasteiger partial charge in [-0.2, -0.15) is 0 Å². The summed E-state index contributed by atoms with van der Waals surface area (Å²) in [5.74, 6) is 1.89. The molecule has 1 heterocycles. The van der Waals surface area contributed by atoms with Crippen LogP contribution in [0.5, 0.6) is 0 Å². The molecule has 0 spiro atoms. The van der Waals surface area contributed by atoms with Crippen LogP contribution in [0.4, 0.5) is 0 Å². The van der Waals surface area contributed by atoms with Crippen LogP contribution < -0.4 is 0 Å². The van der Waals surface area contributed by atoms with E-state index in [0.29, 0.717) is 6.04 Å². The van der Waals surface area contributed by atoms with Gasteiger partial charge in [0.05, 0.1) is 16.4 Å². The van der Waals surface area contributed by atoms with E-state index in [2.05, 4.69) is 52.3 Å². The quantitative estimate of drug-likeness (QED) is 0.466. The minimum atomic E-state index is -0.0422. The smallest absolute Gasteiger partial charge is 0.127 e. The van der Waals surface area contributed by atoms with E-state index in [1.165, 1.54) is 34.8 Å². The van der Waals surface area contributed by atoms with E-state index in [-0.39, 0.29) is 5.38 Å². The van der Waals surface area contributed by atoms with Gasteiger partial charge in [0.1, 0.15) is 5.82 Å². The second kappa shape index (κ2) is 5.84. The van der Waals surface area contributed by atoms with Crippen LogP contribution in [0.3, 0.4) is 0 Å². The largest absolute Gasteiger partial charge is 0.324 e. The second-order valence-electron chi connectivity index (χ2n) is 6.00. The molecule has 0 N–H and O–H groups in total. The average molecular weight is 403 g/mol. The molecule has 1 aliphatic carbocycles. The van der Waals surface area contributed by atoms with E-state index in [4.69, 9.17) is 16.6 Å². The van der Waals surface area contributed by atoms with Crippen LogP contribution in [0.15, 0.2) is 18.2 Å². The number of alkyl halides is 1.